The lowest BCUT2D eigenvalue weighted by Gasteiger charge is -2.12. The van der Waals surface area contributed by atoms with Crippen LogP contribution in [0.3, 0.4) is 0 Å². The highest BCUT2D eigenvalue weighted by Crippen LogP contribution is 2.21. The molecule has 1 aromatic carbocycles. The van der Waals surface area contributed by atoms with Crippen molar-refractivity contribution < 1.29 is 0 Å². The summed E-state index contributed by atoms with van der Waals surface area (Å²) in [4.78, 5) is 0. The Labute approximate surface area is 108 Å². The van der Waals surface area contributed by atoms with Gasteiger partial charge in [-0.2, -0.15) is 5.10 Å². The third-order valence-electron chi connectivity index (χ3n) is 3.44. The largest absolute Gasteiger partial charge is 0.312 e. The fourth-order valence-electron chi connectivity index (χ4n) is 2.08. The first-order valence-corrected chi connectivity index (χ1v) is 6.66. The number of aromatic nitrogens is 2. The van der Waals surface area contributed by atoms with Gasteiger partial charge >= 0.3 is 0 Å². The average molecular weight is 241 g/mol. The van der Waals surface area contributed by atoms with Crippen molar-refractivity contribution in [2.45, 2.75) is 31.8 Å². The summed E-state index contributed by atoms with van der Waals surface area (Å²) in [6, 6.07) is 11.6. The van der Waals surface area contributed by atoms with Gasteiger partial charge in [-0.1, -0.05) is 30.3 Å². The van der Waals surface area contributed by atoms with E-state index in [2.05, 4.69) is 52.5 Å². The Morgan fingerprint density at radius 2 is 2.06 bits per heavy atom. The minimum Gasteiger partial charge on any atom is -0.312 e. The molecule has 0 aliphatic heterocycles. The summed E-state index contributed by atoms with van der Waals surface area (Å²) in [6.45, 7) is 3.21. The normalized spacial score (nSPS) is 16.7. The van der Waals surface area contributed by atoms with Gasteiger partial charge in [-0.05, 0) is 25.3 Å². The predicted octanol–water partition coefficient (Wildman–Crippen LogP) is 2.86. The molecule has 3 heteroatoms. The molecule has 1 aliphatic rings. The first-order valence-electron chi connectivity index (χ1n) is 6.66. The summed E-state index contributed by atoms with van der Waals surface area (Å²) in [7, 11) is 0. The van der Waals surface area contributed by atoms with Crippen LogP contribution in [-0.4, -0.2) is 22.4 Å². The third kappa shape index (κ3) is 2.62. The lowest BCUT2D eigenvalue weighted by molar-refractivity contribution is 0.452. The standard InChI is InChI=1S/C15H19N3/c1-12(9-16-15-7-8-15)18-11-14(10-17-18)13-5-3-2-4-6-13/h2-6,10-12,15-16H,7-9H2,1H3. The molecule has 0 amide bonds. The summed E-state index contributed by atoms with van der Waals surface area (Å²) in [5, 5.41) is 8.01. The van der Waals surface area contributed by atoms with E-state index in [1.165, 1.54) is 24.0 Å². The highest BCUT2D eigenvalue weighted by atomic mass is 15.3. The summed E-state index contributed by atoms with van der Waals surface area (Å²) < 4.78 is 2.05. The molecular weight excluding hydrogens is 222 g/mol. The van der Waals surface area contributed by atoms with E-state index in [1.807, 2.05) is 12.3 Å². The number of rotatable bonds is 5. The summed E-state index contributed by atoms with van der Waals surface area (Å²) in [6.07, 6.45) is 6.75. The van der Waals surface area contributed by atoms with Gasteiger partial charge in [0.2, 0.25) is 0 Å². The van der Waals surface area contributed by atoms with Crippen molar-refractivity contribution in [3.8, 4) is 11.1 Å². The van der Waals surface area contributed by atoms with E-state index >= 15 is 0 Å². The molecule has 2 aromatic rings. The zero-order valence-corrected chi connectivity index (χ0v) is 10.7. The van der Waals surface area contributed by atoms with Crippen molar-refractivity contribution in [2.75, 3.05) is 6.54 Å². The van der Waals surface area contributed by atoms with Crippen LogP contribution in [0.1, 0.15) is 25.8 Å². The number of nitrogens with one attached hydrogen (secondary N) is 1. The van der Waals surface area contributed by atoms with Crippen molar-refractivity contribution in [3.63, 3.8) is 0 Å². The van der Waals surface area contributed by atoms with E-state index in [4.69, 9.17) is 0 Å². The van der Waals surface area contributed by atoms with Crippen LogP contribution in [0.25, 0.3) is 11.1 Å². The Morgan fingerprint density at radius 3 is 2.78 bits per heavy atom. The summed E-state index contributed by atoms with van der Waals surface area (Å²) in [5.74, 6) is 0. The molecule has 1 unspecified atom stereocenters. The van der Waals surface area contributed by atoms with Crippen LogP contribution in [0.15, 0.2) is 42.7 Å². The van der Waals surface area contributed by atoms with Gasteiger partial charge in [0.25, 0.3) is 0 Å². The molecule has 0 saturated heterocycles. The van der Waals surface area contributed by atoms with E-state index in [-0.39, 0.29) is 0 Å². The quantitative estimate of drug-likeness (QED) is 0.872. The van der Waals surface area contributed by atoms with Gasteiger partial charge in [-0.3, -0.25) is 4.68 Å². The van der Waals surface area contributed by atoms with Crippen LogP contribution < -0.4 is 5.32 Å². The number of nitrogens with zero attached hydrogens (tertiary/aromatic N) is 2. The fraction of sp³-hybridized carbons (Fsp3) is 0.400. The highest BCUT2D eigenvalue weighted by Gasteiger charge is 2.21. The number of benzene rings is 1. The van der Waals surface area contributed by atoms with Crippen LogP contribution in [0.4, 0.5) is 0 Å². The first kappa shape index (κ1) is 11.5. The lowest BCUT2D eigenvalue weighted by atomic mass is 10.1. The summed E-state index contributed by atoms with van der Waals surface area (Å²) >= 11 is 0. The van der Waals surface area contributed by atoms with Crippen LogP contribution in [-0.2, 0) is 0 Å². The molecule has 1 atom stereocenters. The second kappa shape index (κ2) is 4.94. The molecule has 1 aromatic heterocycles. The van der Waals surface area contributed by atoms with E-state index in [0.717, 1.165) is 12.6 Å². The molecule has 18 heavy (non-hydrogen) atoms. The van der Waals surface area contributed by atoms with Crippen molar-refractivity contribution in [1.29, 1.82) is 0 Å². The Hall–Kier alpha value is -1.61. The molecule has 3 nitrogen and oxygen atoms in total. The van der Waals surface area contributed by atoms with Gasteiger partial charge in [0, 0.05) is 24.3 Å². The minimum atomic E-state index is 0.406. The van der Waals surface area contributed by atoms with E-state index in [9.17, 15) is 0 Å². The predicted molar refractivity (Wildman–Crippen MR) is 73.4 cm³/mol. The maximum Gasteiger partial charge on any atom is 0.0615 e. The SMILES string of the molecule is CC(CNC1CC1)n1cc(-c2ccccc2)cn1. The van der Waals surface area contributed by atoms with Gasteiger partial charge < -0.3 is 5.32 Å². The summed E-state index contributed by atoms with van der Waals surface area (Å²) in [5.41, 5.74) is 2.42. The average Bonchev–Trinajstić information content (AvgIpc) is 3.11. The monoisotopic (exact) mass is 241 g/mol. The Balaban J connectivity index is 1.68. The van der Waals surface area contributed by atoms with Crippen LogP contribution in [0, 0.1) is 0 Å². The van der Waals surface area contributed by atoms with E-state index in [0.29, 0.717) is 6.04 Å². The Kier molecular flexibility index (Phi) is 3.15. The molecule has 1 fully saturated rings. The molecule has 1 heterocycles. The minimum absolute atomic E-state index is 0.406. The smallest absolute Gasteiger partial charge is 0.0615 e. The molecule has 1 aliphatic carbocycles. The van der Waals surface area contributed by atoms with Crippen molar-refractivity contribution in [3.05, 3.63) is 42.7 Å². The zero-order chi connectivity index (χ0) is 12.4. The molecule has 94 valence electrons. The topological polar surface area (TPSA) is 29.9 Å². The molecule has 0 radical (unpaired) electrons. The molecule has 0 spiro atoms. The van der Waals surface area contributed by atoms with E-state index in [1.54, 1.807) is 0 Å². The molecular formula is C15H19N3. The molecule has 1 N–H and O–H groups in total. The Morgan fingerprint density at radius 1 is 1.28 bits per heavy atom. The maximum absolute atomic E-state index is 4.47. The van der Waals surface area contributed by atoms with Crippen molar-refractivity contribution in [2.24, 2.45) is 0 Å². The third-order valence-corrected chi connectivity index (χ3v) is 3.44. The van der Waals surface area contributed by atoms with Crippen LogP contribution >= 0.6 is 0 Å². The van der Waals surface area contributed by atoms with E-state index < -0.39 is 0 Å². The second-order valence-corrected chi connectivity index (χ2v) is 5.11. The zero-order valence-electron chi connectivity index (χ0n) is 10.7. The fourth-order valence-corrected chi connectivity index (χ4v) is 2.08. The number of hydrogen-bond acceptors (Lipinski definition) is 2. The Bertz CT molecular complexity index is 499. The lowest BCUT2D eigenvalue weighted by Crippen LogP contribution is -2.25. The van der Waals surface area contributed by atoms with Crippen LogP contribution in [0.5, 0.6) is 0 Å². The van der Waals surface area contributed by atoms with Gasteiger partial charge in [0.05, 0.1) is 12.2 Å². The van der Waals surface area contributed by atoms with Gasteiger partial charge in [0.1, 0.15) is 0 Å². The van der Waals surface area contributed by atoms with Gasteiger partial charge in [0.15, 0.2) is 0 Å². The van der Waals surface area contributed by atoms with Crippen molar-refractivity contribution >= 4 is 0 Å². The molecule has 0 bridgehead atoms. The van der Waals surface area contributed by atoms with Crippen molar-refractivity contribution in [1.82, 2.24) is 15.1 Å². The molecule has 3 rings (SSSR count). The molecule has 1 saturated carbocycles. The van der Waals surface area contributed by atoms with Gasteiger partial charge in [-0.25, -0.2) is 0 Å². The van der Waals surface area contributed by atoms with Crippen LogP contribution in [0.2, 0.25) is 0 Å². The maximum atomic E-state index is 4.47. The highest BCUT2D eigenvalue weighted by molar-refractivity contribution is 5.61. The number of hydrogen-bond donors (Lipinski definition) is 1. The van der Waals surface area contributed by atoms with Gasteiger partial charge in [-0.15, -0.1) is 0 Å². The first-order chi connectivity index (χ1) is 8.83. The second-order valence-electron chi connectivity index (χ2n) is 5.11.